The molecule has 0 aromatic carbocycles. The molecule has 2 rings (SSSR count). The fourth-order valence-corrected chi connectivity index (χ4v) is 2.42. The summed E-state index contributed by atoms with van der Waals surface area (Å²) in [4.78, 5) is 14.8. The van der Waals surface area contributed by atoms with Crippen LogP contribution < -0.4 is 15.4 Å². The predicted octanol–water partition coefficient (Wildman–Crippen LogP) is 1.48. The van der Waals surface area contributed by atoms with E-state index in [2.05, 4.69) is 33.7 Å². The summed E-state index contributed by atoms with van der Waals surface area (Å²) >= 11 is 0. The van der Waals surface area contributed by atoms with Crippen LogP contribution in [-0.4, -0.2) is 34.1 Å². The average molecular weight is 251 g/mol. The Balaban J connectivity index is 2.26. The third-order valence-corrected chi connectivity index (χ3v) is 3.22. The molecule has 0 saturated carbocycles. The minimum atomic E-state index is 0.220. The van der Waals surface area contributed by atoms with E-state index < -0.39 is 0 Å². The van der Waals surface area contributed by atoms with Gasteiger partial charge in [-0.25, -0.2) is 0 Å². The quantitative estimate of drug-likeness (QED) is 0.873. The highest BCUT2D eigenvalue weighted by Crippen LogP contribution is 2.28. The van der Waals surface area contributed by atoms with Crippen molar-refractivity contribution in [2.24, 2.45) is 5.92 Å². The highest BCUT2D eigenvalue weighted by Gasteiger charge is 2.29. The van der Waals surface area contributed by atoms with Crippen LogP contribution in [0, 0.1) is 5.92 Å². The van der Waals surface area contributed by atoms with Gasteiger partial charge >= 0.3 is 6.01 Å². The standard InChI is InChI=1S/C12H21N5O/c1-4-18-12-15-10(13)14-11(16-12)17-7-5-6-9(17)8(2)3/h8-9H,4-7H2,1-3H3,(H2,13,14,15,16). The normalized spacial score (nSPS) is 19.6. The average Bonchev–Trinajstić information content (AvgIpc) is 2.77. The topological polar surface area (TPSA) is 77.2 Å². The highest BCUT2D eigenvalue weighted by atomic mass is 16.5. The second-order valence-electron chi connectivity index (χ2n) is 4.86. The Morgan fingerprint density at radius 2 is 2.17 bits per heavy atom. The maximum absolute atomic E-state index is 5.71. The van der Waals surface area contributed by atoms with E-state index in [4.69, 9.17) is 10.5 Å². The zero-order valence-electron chi connectivity index (χ0n) is 11.3. The minimum Gasteiger partial charge on any atom is -0.464 e. The van der Waals surface area contributed by atoms with Crippen LogP contribution >= 0.6 is 0 Å². The summed E-state index contributed by atoms with van der Waals surface area (Å²) in [5.41, 5.74) is 5.71. The molecule has 2 N–H and O–H groups in total. The SMILES string of the molecule is CCOc1nc(N)nc(N2CCCC2C(C)C)n1. The molecule has 0 spiro atoms. The first-order valence-electron chi connectivity index (χ1n) is 6.52. The number of rotatable bonds is 4. The third-order valence-electron chi connectivity index (χ3n) is 3.22. The largest absolute Gasteiger partial charge is 0.464 e. The van der Waals surface area contributed by atoms with Crippen molar-refractivity contribution in [1.29, 1.82) is 0 Å². The van der Waals surface area contributed by atoms with Gasteiger partial charge in [0.05, 0.1) is 6.61 Å². The molecule has 0 aliphatic carbocycles. The van der Waals surface area contributed by atoms with Crippen LogP contribution in [0.2, 0.25) is 0 Å². The summed E-state index contributed by atoms with van der Waals surface area (Å²) in [6.45, 7) is 7.83. The Labute approximate surface area is 108 Å². The van der Waals surface area contributed by atoms with Crippen LogP contribution in [0.25, 0.3) is 0 Å². The van der Waals surface area contributed by atoms with E-state index in [1.165, 1.54) is 12.8 Å². The summed E-state index contributed by atoms with van der Waals surface area (Å²) in [5, 5.41) is 0. The van der Waals surface area contributed by atoms with Crippen molar-refractivity contribution in [2.75, 3.05) is 23.8 Å². The number of hydrogen-bond acceptors (Lipinski definition) is 6. The van der Waals surface area contributed by atoms with Gasteiger partial charge in [0.2, 0.25) is 11.9 Å². The first kappa shape index (κ1) is 12.9. The van der Waals surface area contributed by atoms with Gasteiger partial charge in [-0.15, -0.1) is 0 Å². The van der Waals surface area contributed by atoms with Gasteiger partial charge in [-0.3, -0.25) is 0 Å². The number of nitrogens with two attached hydrogens (primary N) is 1. The second-order valence-corrected chi connectivity index (χ2v) is 4.86. The molecule has 1 aromatic heterocycles. The lowest BCUT2D eigenvalue weighted by molar-refractivity contribution is 0.311. The molecule has 1 aliphatic rings. The fourth-order valence-electron chi connectivity index (χ4n) is 2.42. The van der Waals surface area contributed by atoms with Gasteiger partial charge in [-0.2, -0.15) is 15.0 Å². The molecule has 1 fully saturated rings. The molecule has 0 amide bonds. The maximum atomic E-state index is 5.71. The van der Waals surface area contributed by atoms with Crippen molar-refractivity contribution < 1.29 is 4.74 Å². The molecule has 1 aromatic rings. The van der Waals surface area contributed by atoms with E-state index in [1.54, 1.807) is 0 Å². The number of hydrogen-bond donors (Lipinski definition) is 1. The zero-order valence-corrected chi connectivity index (χ0v) is 11.3. The molecule has 0 bridgehead atoms. The van der Waals surface area contributed by atoms with Crippen LogP contribution in [0.5, 0.6) is 6.01 Å². The van der Waals surface area contributed by atoms with Gasteiger partial charge < -0.3 is 15.4 Å². The van der Waals surface area contributed by atoms with Crippen LogP contribution in [0.3, 0.4) is 0 Å². The van der Waals surface area contributed by atoms with Crippen molar-refractivity contribution in [3.8, 4) is 6.01 Å². The fraction of sp³-hybridized carbons (Fsp3) is 0.750. The molecular formula is C12H21N5O. The molecule has 1 atom stereocenters. The van der Waals surface area contributed by atoms with Gasteiger partial charge in [0, 0.05) is 12.6 Å². The molecule has 1 saturated heterocycles. The molecular weight excluding hydrogens is 230 g/mol. The van der Waals surface area contributed by atoms with Crippen molar-refractivity contribution in [3.05, 3.63) is 0 Å². The second kappa shape index (κ2) is 5.37. The van der Waals surface area contributed by atoms with E-state index in [0.29, 0.717) is 30.5 Å². The highest BCUT2D eigenvalue weighted by molar-refractivity contribution is 5.38. The van der Waals surface area contributed by atoms with Crippen LogP contribution in [0.1, 0.15) is 33.6 Å². The van der Waals surface area contributed by atoms with Gasteiger partial charge in [0.25, 0.3) is 0 Å². The smallest absolute Gasteiger partial charge is 0.323 e. The Kier molecular flexibility index (Phi) is 3.84. The molecule has 1 aliphatic heterocycles. The first-order valence-corrected chi connectivity index (χ1v) is 6.52. The van der Waals surface area contributed by atoms with Gasteiger partial charge in [-0.05, 0) is 25.7 Å². The Morgan fingerprint density at radius 3 is 2.83 bits per heavy atom. The number of nitrogens with zero attached hydrogens (tertiary/aromatic N) is 4. The van der Waals surface area contributed by atoms with E-state index in [0.717, 1.165) is 6.54 Å². The first-order chi connectivity index (χ1) is 8.61. The predicted molar refractivity (Wildman–Crippen MR) is 70.6 cm³/mol. The minimum absolute atomic E-state index is 0.220. The Hall–Kier alpha value is -1.59. The van der Waals surface area contributed by atoms with Crippen LogP contribution in [0.4, 0.5) is 11.9 Å². The molecule has 100 valence electrons. The summed E-state index contributed by atoms with van der Waals surface area (Å²) < 4.78 is 5.31. The summed E-state index contributed by atoms with van der Waals surface area (Å²) in [6.07, 6.45) is 2.34. The molecule has 0 radical (unpaired) electrons. The van der Waals surface area contributed by atoms with Gasteiger partial charge in [0.15, 0.2) is 0 Å². The summed E-state index contributed by atoms with van der Waals surface area (Å²) in [6, 6.07) is 0.788. The Morgan fingerprint density at radius 1 is 1.39 bits per heavy atom. The number of anilines is 2. The monoisotopic (exact) mass is 251 g/mol. The van der Waals surface area contributed by atoms with Crippen molar-refractivity contribution in [3.63, 3.8) is 0 Å². The Bertz CT molecular complexity index is 409. The number of ether oxygens (including phenoxy) is 1. The molecule has 2 heterocycles. The van der Waals surface area contributed by atoms with Crippen LogP contribution in [0.15, 0.2) is 0 Å². The van der Waals surface area contributed by atoms with E-state index in [9.17, 15) is 0 Å². The van der Waals surface area contributed by atoms with Crippen LogP contribution in [-0.2, 0) is 0 Å². The van der Waals surface area contributed by atoms with Crippen molar-refractivity contribution >= 4 is 11.9 Å². The van der Waals surface area contributed by atoms with Crippen molar-refractivity contribution in [2.45, 2.75) is 39.7 Å². The summed E-state index contributed by atoms with van der Waals surface area (Å²) in [5.74, 6) is 1.43. The molecule has 6 nitrogen and oxygen atoms in total. The number of aromatic nitrogens is 3. The number of nitrogen functional groups attached to an aromatic ring is 1. The van der Waals surface area contributed by atoms with E-state index >= 15 is 0 Å². The van der Waals surface area contributed by atoms with Crippen molar-refractivity contribution in [1.82, 2.24) is 15.0 Å². The maximum Gasteiger partial charge on any atom is 0.323 e. The third kappa shape index (κ3) is 2.63. The lowest BCUT2D eigenvalue weighted by Crippen LogP contribution is -2.35. The lowest BCUT2D eigenvalue weighted by Gasteiger charge is -2.27. The lowest BCUT2D eigenvalue weighted by atomic mass is 10.0. The molecule has 18 heavy (non-hydrogen) atoms. The van der Waals surface area contributed by atoms with E-state index in [-0.39, 0.29) is 5.95 Å². The molecule has 6 heteroatoms. The van der Waals surface area contributed by atoms with Gasteiger partial charge in [-0.1, -0.05) is 13.8 Å². The zero-order chi connectivity index (χ0) is 13.1. The summed E-state index contributed by atoms with van der Waals surface area (Å²) in [7, 11) is 0. The molecule has 1 unspecified atom stereocenters. The van der Waals surface area contributed by atoms with E-state index in [1.807, 2.05) is 6.92 Å². The van der Waals surface area contributed by atoms with Gasteiger partial charge in [0.1, 0.15) is 0 Å².